The Morgan fingerprint density at radius 2 is 1.76 bits per heavy atom. The van der Waals surface area contributed by atoms with E-state index in [1.54, 1.807) is 20.8 Å². The molecule has 0 radical (unpaired) electrons. The van der Waals surface area contributed by atoms with Crippen molar-refractivity contribution in [3.8, 4) is 0 Å². The van der Waals surface area contributed by atoms with Crippen molar-refractivity contribution in [3.05, 3.63) is 0 Å². The highest BCUT2D eigenvalue weighted by molar-refractivity contribution is 7.92. The van der Waals surface area contributed by atoms with E-state index in [1.165, 1.54) is 0 Å². The Bertz CT molecular complexity index is 515. The van der Waals surface area contributed by atoms with Gasteiger partial charge in [0.25, 0.3) is 0 Å². The van der Waals surface area contributed by atoms with E-state index >= 15 is 0 Å². The molecule has 0 saturated carbocycles. The molecule has 17 heavy (non-hydrogen) atoms. The van der Waals surface area contributed by atoms with Gasteiger partial charge in [-0.1, -0.05) is 32.1 Å². The Kier molecular flexibility index (Phi) is 3.72. The molecule has 0 saturated heterocycles. The van der Waals surface area contributed by atoms with Gasteiger partial charge in [-0.2, -0.15) is 0 Å². The highest BCUT2D eigenvalue weighted by Crippen LogP contribution is 2.23. The van der Waals surface area contributed by atoms with Crippen molar-refractivity contribution in [2.45, 2.75) is 20.8 Å². The maximum absolute atomic E-state index is 11.6. The molecule has 0 aliphatic heterocycles. The first-order valence-corrected chi connectivity index (χ1v) is 7.41. The highest BCUT2D eigenvalue weighted by Gasteiger charge is 2.22. The zero-order chi connectivity index (χ0) is 13.3. The third-order valence-corrected chi connectivity index (χ3v) is 3.05. The summed E-state index contributed by atoms with van der Waals surface area (Å²) in [6, 6.07) is 0. The fourth-order valence-electron chi connectivity index (χ4n) is 0.758. The fraction of sp³-hybridized carbons (Fsp3) is 0.625. The number of carbonyl (C=O) groups is 1. The SMILES string of the molecule is CC(C)(C)C(=O)Nc1nnc(NS(C)(=O)=O)s1. The second kappa shape index (κ2) is 4.57. The van der Waals surface area contributed by atoms with Gasteiger partial charge >= 0.3 is 0 Å². The van der Waals surface area contributed by atoms with Crippen LogP contribution in [0.3, 0.4) is 0 Å². The number of aromatic nitrogens is 2. The molecule has 1 aromatic heterocycles. The van der Waals surface area contributed by atoms with E-state index in [-0.39, 0.29) is 16.2 Å². The van der Waals surface area contributed by atoms with Gasteiger partial charge in [0, 0.05) is 5.41 Å². The van der Waals surface area contributed by atoms with E-state index < -0.39 is 15.4 Å². The van der Waals surface area contributed by atoms with E-state index in [4.69, 9.17) is 0 Å². The maximum Gasteiger partial charge on any atom is 0.231 e. The smallest absolute Gasteiger partial charge is 0.231 e. The van der Waals surface area contributed by atoms with Crippen LogP contribution in [0, 0.1) is 5.41 Å². The van der Waals surface area contributed by atoms with Gasteiger partial charge < -0.3 is 5.32 Å². The standard InChI is InChI=1S/C8H14N4O3S2/c1-8(2,3)5(13)9-6-10-11-7(16-6)12-17(4,14)15/h1-4H3,(H,11,12)(H,9,10,13). The number of sulfonamides is 1. The van der Waals surface area contributed by atoms with Gasteiger partial charge in [-0.25, -0.2) is 8.42 Å². The van der Waals surface area contributed by atoms with Crippen LogP contribution in [0.25, 0.3) is 0 Å². The maximum atomic E-state index is 11.6. The van der Waals surface area contributed by atoms with Crippen LogP contribution in [0.2, 0.25) is 0 Å². The van der Waals surface area contributed by atoms with Crippen LogP contribution in [0.5, 0.6) is 0 Å². The normalized spacial score (nSPS) is 12.2. The Balaban J connectivity index is 2.73. The number of hydrogen-bond acceptors (Lipinski definition) is 6. The molecule has 0 atom stereocenters. The van der Waals surface area contributed by atoms with Crippen LogP contribution < -0.4 is 10.0 Å². The molecule has 1 aromatic rings. The summed E-state index contributed by atoms with van der Waals surface area (Å²) in [6.07, 6.45) is 1.02. The fourth-order valence-corrected chi connectivity index (χ4v) is 2.23. The average Bonchev–Trinajstić information content (AvgIpc) is 2.47. The van der Waals surface area contributed by atoms with E-state index in [9.17, 15) is 13.2 Å². The van der Waals surface area contributed by atoms with Crippen LogP contribution in [0.1, 0.15) is 20.8 Å². The van der Waals surface area contributed by atoms with Crippen molar-refractivity contribution >= 4 is 37.5 Å². The second-order valence-electron chi connectivity index (χ2n) is 4.49. The molecular weight excluding hydrogens is 264 g/mol. The summed E-state index contributed by atoms with van der Waals surface area (Å²) in [5.74, 6) is -0.209. The first-order valence-electron chi connectivity index (χ1n) is 4.71. The molecule has 1 amide bonds. The van der Waals surface area contributed by atoms with Crippen LogP contribution >= 0.6 is 11.3 Å². The van der Waals surface area contributed by atoms with Gasteiger partial charge in [0.05, 0.1) is 6.26 Å². The zero-order valence-electron chi connectivity index (χ0n) is 9.94. The topological polar surface area (TPSA) is 101 Å². The molecule has 9 heteroatoms. The molecule has 0 bridgehead atoms. The molecule has 7 nitrogen and oxygen atoms in total. The van der Waals surface area contributed by atoms with Crippen molar-refractivity contribution < 1.29 is 13.2 Å². The lowest BCUT2D eigenvalue weighted by Crippen LogP contribution is -2.27. The minimum absolute atomic E-state index is 0.122. The zero-order valence-corrected chi connectivity index (χ0v) is 11.6. The predicted octanol–water partition coefficient (Wildman–Crippen LogP) is 0.894. The lowest BCUT2D eigenvalue weighted by atomic mass is 9.96. The first-order chi connectivity index (χ1) is 7.58. The molecule has 1 heterocycles. The summed E-state index contributed by atoms with van der Waals surface area (Å²) in [5.41, 5.74) is -0.546. The van der Waals surface area contributed by atoms with Crippen LogP contribution in [-0.4, -0.2) is 30.8 Å². The lowest BCUT2D eigenvalue weighted by molar-refractivity contribution is -0.123. The van der Waals surface area contributed by atoms with Crippen molar-refractivity contribution in [1.29, 1.82) is 0 Å². The van der Waals surface area contributed by atoms with Gasteiger partial charge in [0.1, 0.15) is 0 Å². The largest absolute Gasteiger partial charge is 0.300 e. The third-order valence-electron chi connectivity index (χ3n) is 1.60. The molecule has 0 aliphatic rings. The van der Waals surface area contributed by atoms with Gasteiger partial charge in [-0.05, 0) is 0 Å². The second-order valence-corrected chi connectivity index (χ2v) is 7.22. The number of rotatable bonds is 3. The third kappa shape index (κ3) is 4.65. The Morgan fingerprint density at radius 3 is 2.24 bits per heavy atom. The Labute approximate surface area is 104 Å². The summed E-state index contributed by atoms with van der Waals surface area (Å²) < 4.78 is 24.0. The molecule has 1 rings (SSSR count). The minimum Gasteiger partial charge on any atom is -0.300 e. The minimum atomic E-state index is -3.38. The molecule has 96 valence electrons. The quantitative estimate of drug-likeness (QED) is 0.855. The highest BCUT2D eigenvalue weighted by atomic mass is 32.2. The molecule has 2 N–H and O–H groups in total. The summed E-state index contributed by atoms with van der Waals surface area (Å²) in [6.45, 7) is 5.29. The Morgan fingerprint density at radius 1 is 1.24 bits per heavy atom. The van der Waals surface area contributed by atoms with E-state index in [1.807, 2.05) is 0 Å². The van der Waals surface area contributed by atoms with Gasteiger partial charge in [0.2, 0.25) is 26.2 Å². The number of nitrogens with one attached hydrogen (secondary N) is 2. The summed E-state index contributed by atoms with van der Waals surface area (Å²) in [5, 5.41) is 10.2. The van der Waals surface area contributed by atoms with Crippen molar-refractivity contribution in [2.75, 3.05) is 16.3 Å². The van der Waals surface area contributed by atoms with Crippen molar-refractivity contribution in [1.82, 2.24) is 10.2 Å². The van der Waals surface area contributed by atoms with E-state index in [2.05, 4.69) is 20.2 Å². The van der Waals surface area contributed by atoms with Gasteiger partial charge in [-0.15, -0.1) is 10.2 Å². The monoisotopic (exact) mass is 278 g/mol. The van der Waals surface area contributed by atoms with E-state index in [0.717, 1.165) is 17.6 Å². The first kappa shape index (κ1) is 13.8. The van der Waals surface area contributed by atoms with Gasteiger partial charge in [-0.3, -0.25) is 9.52 Å². The van der Waals surface area contributed by atoms with Crippen LogP contribution in [0.4, 0.5) is 10.3 Å². The van der Waals surface area contributed by atoms with Crippen LogP contribution in [0.15, 0.2) is 0 Å². The average molecular weight is 278 g/mol. The number of hydrogen-bond donors (Lipinski definition) is 2. The van der Waals surface area contributed by atoms with Crippen molar-refractivity contribution in [3.63, 3.8) is 0 Å². The Hall–Kier alpha value is -1.22. The molecule has 0 spiro atoms. The summed E-state index contributed by atoms with van der Waals surface area (Å²) in [7, 11) is -3.38. The predicted molar refractivity (Wildman–Crippen MR) is 66.5 cm³/mol. The number of carbonyl (C=O) groups excluding carboxylic acids is 1. The lowest BCUT2D eigenvalue weighted by Gasteiger charge is -2.15. The molecule has 0 fully saturated rings. The molecule has 0 unspecified atom stereocenters. The molecule has 0 aliphatic carbocycles. The number of anilines is 2. The summed E-state index contributed by atoms with van der Waals surface area (Å²) >= 11 is 0.960. The number of amides is 1. The van der Waals surface area contributed by atoms with E-state index in [0.29, 0.717) is 0 Å². The molecular formula is C8H14N4O3S2. The molecule has 0 aromatic carbocycles. The van der Waals surface area contributed by atoms with Crippen molar-refractivity contribution in [2.24, 2.45) is 5.41 Å². The summed E-state index contributed by atoms with van der Waals surface area (Å²) in [4.78, 5) is 11.6. The number of nitrogens with zero attached hydrogens (tertiary/aromatic N) is 2. The van der Waals surface area contributed by atoms with Crippen LogP contribution in [-0.2, 0) is 14.8 Å². The van der Waals surface area contributed by atoms with Gasteiger partial charge in [0.15, 0.2) is 0 Å².